The Morgan fingerprint density at radius 2 is 1.90 bits per heavy atom. The van der Waals surface area contributed by atoms with Crippen LogP contribution in [-0.2, 0) is 14.3 Å². The van der Waals surface area contributed by atoms with E-state index in [4.69, 9.17) is 14.2 Å². The minimum absolute atomic E-state index is 0.0111. The Morgan fingerprint density at radius 1 is 1.19 bits per heavy atom. The normalized spacial score (nSPS) is 24.3. The summed E-state index contributed by atoms with van der Waals surface area (Å²) in [5.41, 5.74) is 1.09. The molecule has 31 heavy (non-hydrogen) atoms. The Bertz CT molecular complexity index is 726. The van der Waals surface area contributed by atoms with Gasteiger partial charge in [-0.15, -0.1) is 0 Å². The molecule has 1 fully saturated rings. The van der Waals surface area contributed by atoms with Gasteiger partial charge in [-0.3, -0.25) is 4.79 Å². The van der Waals surface area contributed by atoms with Gasteiger partial charge < -0.3 is 24.2 Å². The van der Waals surface area contributed by atoms with Crippen LogP contribution in [0.4, 0.5) is 0 Å². The van der Waals surface area contributed by atoms with Crippen molar-refractivity contribution in [2.45, 2.75) is 70.1 Å². The average molecular weight is 432 g/mol. The highest BCUT2D eigenvalue weighted by atomic mass is 16.7. The Kier molecular flexibility index (Phi) is 8.79. The second kappa shape index (κ2) is 11.5. The van der Waals surface area contributed by atoms with Crippen LogP contribution in [-0.4, -0.2) is 55.6 Å². The summed E-state index contributed by atoms with van der Waals surface area (Å²) in [7, 11) is 3.54. The zero-order chi connectivity index (χ0) is 22.2. The molecule has 1 aromatic carbocycles. The van der Waals surface area contributed by atoms with E-state index in [1.807, 2.05) is 49.2 Å². The number of carbonyl (C=O) groups excluding carboxylic acids is 1. The predicted molar refractivity (Wildman–Crippen MR) is 120 cm³/mol. The van der Waals surface area contributed by atoms with Crippen molar-refractivity contribution >= 4 is 5.91 Å². The molecule has 0 saturated heterocycles. The van der Waals surface area contributed by atoms with E-state index in [0.29, 0.717) is 18.8 Å². The summed E-state index contributed by atoms with van der Waals surface area (Å²) in [5.74, 6) is 1.06. The number of amides is 1. The summed E-state index contributed by atoms with van der Waals surface area (Å²) in [6.07, 6.45) is 8.52. The van der Waals surface area contributed by atoms with Crippen molar-refractivity contribution < 1.29 is 24.1 Å². The number of benzene rings is 1. The number of likely N-dealkylation sites (N-methyl/N-ethyl adjacent to an activating group) is 1. The topological polar surface area (TPSA) is 68.2 Å². The minimum atomic E-state index is -0.521. The molecule has 1 saturated carbocycles. The molecule has 2 aliphatic rings. The predicted octanol–water partition coefficient (Wildman–Crippen LogP) is 4.24. The fourth-order valence-electron chi connectivity index (χ4n) is 4.77. The number of ether oxygens (including phenoxy) is 3. The molecule has 0 unspecified atom stereocenters. The van der Waals surface area contributed by atoms with Gasteiger partial charge in [-0.05, 0) is 56.4 Å². The third-order valence-corrected chi connectivity index (χ3v) is 6.57. The van der Waals surface area contributed by atoms with E-state index in [0.717, 1.165) is 30.6 Å². The van der Waals surface area contributed by atoms with E-state index >= 15 is 0 Å². The van der Waals surface area contributed by atoms with Gasteiger partial charge in [0, 0.05) is 38.1 Å². The lowest BCUT2D eigenvalue weighted by molar-refractivity contribution is -0.170. The molecule has 172 valence electrons. The first-order valence-corrected chi connectivity index (χ1v) is 11.6. The van der Waals surface area contributed by atoms with Crippen LogP contribution in [0.1, 0.15) is 63.4 Å². The zero-order valence-corrected chi connectivity index (χ0v) is 19.1. The van der Waals surface area contributed by atoms with Crippen LogP contribution in [0.3, 0.4) is 0 Å². The number of aliphatic hydroxyl groups excluding tert-OH is 1. The van der Waals surface area contributed by atoms with Gasteiger partial charge >= 0.3 is 0 Å². The molecular formula is C25H37NO5. The van der Waals surface area contributed by atoms with Gasteiger partial charge in [-0.1, -0.05) is 31.4 Å². The molecule has 0 spiro atoms. The lowest BCUT2D eigenvalue weighted by Crippen LogP contribution is -2.43. The molecule has 1 heterocycles. The van der Waals surface area contributed by atoms with Crippen LogP contribution in [0.2, 0.25) is 0 Å². The summed E-state index contributed by atoms with van der Waals surface area (Å²) in [5, 5.41) is 9.42. The van der Waals surface area contributed by atoms with E-state index in [1.54, 1.807) is 7.11 Å². The third kappa shape index (κ3) is 5.80. The number of nitrogens with zero attached hydrogens (tertiary/aromatic N) is 1. The summed E-state index contributed by atoms with van der Waals surface area (Å²) in [6, 6.07) is 8.21. The molecule has 0 bridgehead atoms. The highest BCUT2D eigenvalue weighted by molar-refractivity contribution is 5.91. The minimum Gasteiger partial charge on any atom is -0.497 e. The van der Waals surface area contributed by atoms with Crippen molar-refractivity contribution in [1.29, 1.82) is 0 Å². The average Bonchev–Trinajstić information content (AvgIpc) is 2.82. The van der Waals surface area contributed by atoms with Crippen LogP contribution in [0.5, 0.6) is 5.75 Å². The number of methoxy groups -OCH3 is 1. The number of hydrogen-bond acceptors (Lipinski definition) is 5. The number of hydrogen-bond donors (Lipinski definition) is 1. The SMILES string of the molecule is CCO[C@@H]1OC(C(=O)N(C)C2CCCCC2)=C[C@H](c2ccc(OC)cc2)[C@@H]1CCCO. The Balaban J connectivity index is 1.91. The Hall–Kier alpha value is -2.05. The van der Waals surface area contributed by atoms with Crippen molar-refractivity contribution in [2.24, 2.45) is 5.92 Å². The van der Waals surface area contributed by atoms with Crippen molar-refractivity contribution in [3.05, 3.63) is 41.7 Å². The van der Waals surface area contributed by atoms with Crippen molar-refractivity contribution in [3.8, 4) is 5.75 Å². The van der Waals surface area contributed by atoms with Crippen molar-refractivity contribution in [1.82, 2.24) is 4.90 Å². The van der Waals surface area contributed by atoms with Gasteiger partial charge in [0.15, 0.2) is 5.76 Å². The van der Waals surface area contributed by atoms with E-state index in [1.165, 1.54) is 19.3 Å². The maximum atomic E-state index is 13.4. The smallest absolute Gasteiger partial charge is 0.288 e. The number of rotatable bonds is 9. The first-order valence-electron chi connectivity index (χ1n) is 11.6. The van der Waals surface area contributed by atoms with E-state index in [2.05, 4.69) is 0 Å². The van der Waals surface area contributed by atoms with Gasteiger partial charge in [0.1, 0.15) is 5.75 Å². The van der Waals surface area contributed by atoms with Crippen LogP contribution >= 0.6 is 0 Å². The number of aliphatic hydroxyl groups is 1. The number of carbonyl (C=O) groups is 1. The molecule has 0 aromatic heterocycles. The largest absolute Gasteiger partial charge is 0.497 e. The van der Waals surface area contributed by atoms with E-state index in [9.17, 15) is 9.90 Å². The van der Waals surface area contributed by atoms with Gasteiger partial charge in [-0.25, -0.2) is 0 Å². The number of allylic oxidation sites excluding steroid dienone is 1. The lowest BCUT2D eigenvalue weighted by atomic mass is 9.80. The summed E-state index contributed by atoms with van der Waals surface area (Å²) in [6.45, 7) is 2.54. The first-order chi connectivity index (χ1) is 15.1. The van der Waals surface area contributed by atoms with E-state index < -0.39 is 6.29 Å². The fourth-order valence-corrected chi connectivity index (χ4v) is 4.77. The van der Waals surface area contributed by atoms with Crippen LogP contribution in [0.15, 0.2) is 36.1 Å². The zero-order valence-electron chi connectivity index (χ0n) is 19.1. The maximum Gasteiger partial charge on any atom is 0.288 e. The molecule has 1 aliphatic heterocycles. The van der Waals surface area contributed by atoms with Crippen molar-refractivity contribution in [3.63, 3.8) is 0 Å². The van der Waals surface area contributed by atoms with Gasteiger partial charge in [-0.2, -0.15) is 0 Å². The Morgan fingerprint density at radius 3 is 2.52 bits per heavy atom. The maximum absolute atomic E-state index is 13.4. The second-order valence-corrected chi connectivity index (χ2v) is 8.51. The Labute approximate surface area is 186 Å². The molecule has 6 heteroatoms. The van der Waals surface area contributed by atoms with Gasteiger partial charge in [0.05, 0.1) is 7.11 Å². The molecule has 1 N–H and O–H groups in total. The molecule has 1 aliphatic carbocycles. The molecular weight excluding hydrogens is 394 g/mol. The van der Waals surface area contributed by atoms with Gasteiger partial charge in [0.2, 0.25) is 6.29 Å². The highest BCUT2D eigenvalue weighted by Gasteiger charge is 2.39. The lowest BCUT2D eigenvalue weighted by Gasteiger charge is -2.39. The van der Waals surface area contributed by atoms with Gasteiger partial charge in [0.25, 0.3) is 5.91 Å². The molecule has 3 atom stereocenters. The van der Waals surface area contributed by atoms with Crippen LogP contribution < -0.4 is 4.74 Å². The molecule has 1 amide bonds. The molecule has 6 nitrogen and oxygen atoms in total. The summed E-state index contributed by atoms with van der Waals surface area (Å²) >= 11 is 0. The second-order valence-electron chi connectivity index (χ2n) is 8.51. The molecule has 3 rings (SSSR count). The summed E-state index contributed by atoms with van der Waals surface area (Å²) in [4.78, 5) is 15.2. The monoisotopic (exact) mass is 431 g/mol. The first kappa shape index (κ1) is 23.6. The van der Waals surface area contributed by atoms with Crippen LogP contribution in [0, 0.1) is 5.92 Å². The fraction of sp³-hybridized carbons (Fsp3) is 0.640. The standard InChI is InChI=1S/C25H37NO5/c1-4-30-25-21(11-8-16-27)22(18-12-14-20(29-3)15-13-18)17-23(31-25)24(28)26(2)19-9-6-5-7-10-19/h12-15,17,19,21-22,25,27H,4-11,16H2,1-3H3/t21-,22+,25+/m0/s1. The van der Waals surface area contributed by atoms with Crippen LogP contribution in [0.25, 0.3) is 0 Å². The molecule has 0 radical (unpaired) electrons. The molecule has 1 aromatic rings. The third-order valence-electron chi connectivity index (χ3n) is 6.57. The van der Waals surface area contributed by atoms with Crippen molar-refractivity contribution in [2.75, 3.05) is 27.4 Å². The summed E-state index contributed by atoms with van der Waals surface area (Å²) < 4.78 is 17.4. The highest BCUT2D eigenvalue weighted by Crippen LogP contribution is 2.40. The quantitative estimate of drug-likeness (QED) is 0.634. The van der Waals surface area contributed by atoms with E-state index in [-0.39, 0.29) is 30.4 Å².